The highest BCUT2D eigenvalue weighted by atomic mass is 31.2. The van der Waals surface area contributed by atoms with Crippen LogP contribution in [0, 0.1) is 0 Å². The van der Waals surface area contributed by atoms with Gasteiger partial charge in [-0.2, -0.15) is 0 Å². The van der Waals surface area contributed by atoms with Crippen molar-refractivity contribution in [1.82, 2.24) is 0 Å². The summed E-state index contributed by atoms with van der Waals surface area (Å²) in [7, 11) is -4.29. The average molecular weight is 766 g/mol. The van der Waals surface area contributed by atoms with Gasteiger partial charge in [-0.25, -0.2) is 4.57 Å². The van der Waals surface area contributed by atoms with Crippen molar-refractivity contribution in [2.24, 2.45) is 5.73 Å². The molecule has 0 aromatic rings. The van der Waals surface area contributed by atoms with Gasteiger partial charge in [0.1, 0.15) is 6.61 Å². The van der Waals surface area contributed by atoms with Crippen molar-refractivity contribution in [2.75, 3.05) is 26.4 Å². The van der Waals surface area contributed by atoms with E-state index in [1.807, 2.05) is 12.2 Å². The highest BCUT2D eigenvalue weighted by molar-refractivity contribution is 7.47. The van der Waals surface area contributed by atoms with Gasteiger partial charge in [-0.1, -0.05) is 126 Å². The van der Waals surface area contributed by atoms with E-state index in [0.717, 1.165) is 64.2 Å². The number of esters is 1. The standard InChI is InChI=1S/C43H76NO8P/c1-3-5-6-7-8-9-10-11-12-13-17-20-23-26-29-32-37-49-42(40-52-53(47,48)51-38-36-44)39-50-43(46)35-31-28-25-22-19-16-14-15-18-21-24-27-30-34-41(45)33-4-2/h9-10,14,16,18,21-22,25,27,30,32,37,41-42,45H,3-8,11-13,15,17,19-20,23-24,26,28-29,31,33-36,38-40,44H2,1-2H3,(H,47,48)/b10-9-,16-14-,21-18-,25-22-,30-27-,37-32+/t41?,42-/m1/s1. The maximum Gasteiger partial charge on any atom is 0.472 e. The molecule has 53 heavy (non-hydrogen) atoms. The Kier molecular flexibility index (Phi) is 37.8. The summed E-state index contributed by atoms with van der Waals surface area (Å²) < 4.78 is 33.1. The van der Waals surface area contributed by atoms with Gasteiger partial charge in [0.05, 0.1) is 25.6 Å². The van der Waals surface area contributed by atoms with Crippen LogP contribution in [0.25, 0.3) is 0 Å². The summed E-state index contributed by atoms with van der Waals surface area (Å²) in [4.78, 5) is 22.2. The predicted molar refractivity (Wildman–Crippen MR) is 220 cm³/mol. The molecular formula is C43H76NO8P. The van der Waals surface area contributed by atoms with Crippen molar-refractivity contribution >= 4 is 13.8 Å². The van der Waals surface area contributed by atoms with E-state index >= 15 is 0 Å². The number of rotatable bonds is 38. The molecule has 0 rings (SSSR count). The summed E-state index contributed by atoms with van der Waals surface area (Å²) in [5.74, 6) is -0.361. The molecule has 0 bridgehead atoms. The smallest absolute Gasteiger partial charge is 0.472 e. The lowest BCUT2D eigenvalue weighted by Gasteiger charge is -2.19. The highest BCUT2D eigenvalue weighted by Gasteiger charge is 2.24. The van der Waals surface area contributed by atoms with Crippen molar-refractivity contribution in [1.29, 1.82) is 0 Å². The zero-order valence-corrected chi connectivity index (χ0v) is 34.2. The molecule has 3 atom stereocenters. The van der Waals surface area contributed by atoms with Crippen LogP contribution in [-0.4, -0.2) is 54.5 Å². The number of nitrogens with two attached hydrogens (primary N) is 1. The molecule has 0 aromatic carbocycles. The van der Waals surface area contributed by atoms with Crippen LogP contribution in [0.5, 0.6) is 0 Å². The first kappa shape index (κ1) is 50.7. The maximum absolute atomic E-state index is 12.4. The van der Waals surface area contributed by atoms with Gasteiger partial charge in [-0.15, -0.1) is 0 Å². The summed E-state index contributed by atoms with van der Waals surface area (Å²) >= 11 is 0. The first-order valence-corrected chi connectivity index (χ1v) is 22.0. The molecule has 0 heterocycles. The lowest BCUT2D eigenvalue weighted by molar-refractivity contribution is -0.147. The molecule has 10 heteroatoms. The summed E-state index contributed by atoms with van der Waals surface area (Å²) in [5, 5.41) is 9.72. The van der Waals surface area contributed by atoms with Gasteiger partial charge in [0.25, 0.3) is 0 Å². The number of carbonyl (C=O) groups excluding carboxylic acids is 1. The van der Waals surface area contributed by atoms with Gasteiger partial charge in [0.2, 0.25) is 0 Å². The van der Waals surface area contributed by atoms with E-state index in [2.05, 4.69) is 68.5 Å². The molecule has 0 aromatic heterocycles. The molecule has 0 saturated heterocycles. The quantitative estimate of drug-likeness (QED) is 0.0184. The number of aliphatic hydroxyl groups is 1. The van der Waals surface area contributed by atoms with E-state index < -0.39 is 13.9 Å². The third-order valence-electron chi connectivity index (χ3n) is 8.24. The zero-order valence-electron chi connectivity index (χ0n) is 33.3. The number of phosphoric ester groups is 1. The van der Waals surface area contributed by atoms with E-state index in [9.17, 15) is 19.4 Å². The molecule has 0 fully saturated rings. The Balaban J connectivity index is 4.25. The Morgan fingerprint density at radius 3 is 1.79 bits per heavy atom. The maximum atomic E-state index is 12.4. The molecule has 306 valence electrons. The summed E-state index contributed by atoms with van der Waals surface area (Å²) in [6.07, 6.45) is 46.5. The van der Waals surface area contributed by atoms with Crippen molar-refractivity contribution in [3.8, 4) is 0 Å². The molecule has 0 amide bonds. The fraction of sp³-hybridized carbons (Fsp3) is 0.698. The molecule has 2 unspecified atom stereocenters. The van der Waals surface area contributed by atoms with E-state index in [1.54, 1.807) is 6.26 Å². The second-order valence-corrected chi connectivity index (χ2v) is 14.8. The van der Waals surface area contributed by atoms with E-state index in [-0.39, 0.29) is 44.9 Å². The van der Waals surface area contributed by atoms with Gasteiger partial charge in [-0.3, -0.25) is 13.8 Å². The second kappa shape index (κ2) is 39.4. The SMILES string of the molecule is CCCCCC/C=C\CCCCCCCC/C=C/O[C@H](COC(=O)CCC/C=C\C/C=C\C/C=C\C/C=C\CC(O)CCC)COP(=O)(O)OCCN. The predicted octanol–water partition coefficient (Wildman–Crippen LogP) is 11.3. The number of unbranched alkanes of at least 4 members (excludes halogenated alkanes) is 12. The minimum absolute atomic E-state index is 0.0832. The lowest BCUT2D eigenvalue weighted by Crippen LogP contribution is -2.25. The number of allylic oxidation sites excluding steroid dienone is 10. The molecule has 4 N–H and O–H groups in total. The number of hydrogen-bond acceptors (Lipinski definition) is 8. The van der Waals surface area contributed by atoms with Crippen LogP contribution < -0.4 is 5.73 Å². The van der Waals surface area contributed by atoms with Crippen molar-refractivity contribution in [2.45, 2.75) is 167 Å². The van der Waals surface area contributed by atoms with Gasteiger partial charge in [0.15, 0.2) is 6.10 Å². The fourth-order valence-electron chi connectivity index (χ4n) is 5.16. The highest BCUT2D eigenvalue weighted by Crippen LogP contribution is 2.43. The summed E-state index contributed by atoms with van der Waals surface area (Å²) in [6.45, 7) is 3.90. The van der Waals surface area contributed by atoms with Crippen LogP contribution in [0.2, 0.25) is 0 Å². The minimum Gasteiger partial charge on any atom is -0.492 e. The molecule has 0 saturated carbocycles. The Morgan fingerprint density at radius 1 is 0.660 bits per heavy atom. The number of ether oxygens (including phenoxy) is 2. The van der Waals surface area contributed by atoms with Crippen LogP contribution in [0.15, 0.2) is 73.1 Å². The molecule has 0 aliphatic carbocycles. The lowest BCUT2D eigenvalue weighted by atomic mass is 10.1. The Bertz CT molecular complexity index is 1050. The van der Waals surface area contributed by atoms with Gasteiger partial charge >= 0.3 is 13.8 Å². The number of hydrogen-bond donors (Lipinski definition) is 3. The molecule has 0 aliphatic rings. The summed E-state index contributed by atoms with van der Waals surface area (Å²) in [6, 6.07) is 0. The van der Waals surface area contributed by atoms with E-state index in [4.69, 9.17) is 24.3 Å². The zero-order chi connectivity index (χ0) is 38.9. The summed E-state index contributed by atoms with van der Waals surface area (Å²) in [5.41, 5.74) is 5.35. The second-order valence-electron chi connectivity index (χ2n) is 13.4. The molecule has 0 radical (unpaired) electrons. The molecule has 0 aliphatic heterocycles. The molecule has 0 spiro atoms. The Morgan fingerprint density at radius 2 is 1.19 bits per heavy atom. The van der Waals surface area contributed by atoms with Crippen LogP contribution in [0.3, 0.4) is 0 Å². The van der Waals surface area contributed by atoms with Crippen LogP contribution in [-0.2, 0) is 27.9 Å². The van der Waals surface area contributed by atoms with Crippen LogP contribution in [0.1, 0.15) is 155 Å². The van der Waals surface area contributed by atoms with E-state index in [0.29, 0.717) is 6.42 Å². The largest absolute Gasteiger partial charge is 0.492 e. The molecular weight excluding hydrogens is 689 g/mol. The monoisotopic (exact) mass is 766 g/mol. The topological polar surface area (TPSA) is 138 Å². The van der Waals surface area contributed by atoms with Gasteiger partial charge in [-0.05, 0) is 89.5 Å². The fourth-order valence-corrected chi connectivity index (χ4v) is 5.92. The van der Waals surface area contributed by atoms with Gasteiger partial charge in [0, 0.05) is 13.0 Å². The number of aliphatic hydroxyl groups excluding tert-OH is 1. The van der Waals surface area contributed by atoms with Crippen molar-refractivity contribution in [3.05, 3.63) is 73.1 Å². The van der Waals surface area contributed by atoms with Crippen LogP contribution in [0.4, 0.5) is 0 Å². The first-order valence-electron chi connectivity index (χ1n) is 20.6. The Labute approximate surface area is 323 Å². The van der Waals surface area contributed by atoms with Crippen molar-refractivity contribution < 1.29 is 37.9 Å². The minimum atomic E-state index is -4.29. The molecule has 9 nitrogen and oxygen atoms in total. The normalized spacial score (nSPS) is 14.8. The number of carbonyl (C=O) groups is 1. The number of phosphoric acid groups is 1. The van der Waals surface area contributed by atoms with Crippen molar-refractivity contribution in [3.63, 3.8) is 0 Å². The van der Waals surface area contributed by atoms with Gasteiger partial charge < -0.3 is 25.2 Å². The average Bonchev–Trinajstić information content (AvgIpc) is 3.14. The third-order valence-corrected chi connectivity index (χ3v) is 9.23. The van der Waals surface area contributed by atoms with E-state index in [1.165, 1.54) is 64.2 Å². The van der Waals surface area contributed by atoms with Crippen LogP contribution >= 0.6 is 7.82 Å². The first-order chi connectivity index (χ1) is 25.8. The Hall–Kier alpha value is -2.26. The third kappa shape index (κ3) is 39.3.